The Bertz CT molecular complexity index is 266. The zero-order valence-electron chi connectivity index (χ0n) is 9.37. The second-order valence-electron chi connectivity index (χ2n) is 3.65. The van der Waals surface area contributed by atoms with Gasteiger partial charge in [0, 0.05) is 18.0 Å². The molecule has 14 heavy (non-hydrogen) atoms. The highest BCUT2D eigenvalue weighted by atomic mass is 32.1. The van der Waals surface area contributed by atoms with E-state index in [0.717, 1.165) is 13.0 Å². The van der Waals surface area contributed by atoms with E-state index in [1.54, 1.807) is 11.3 Å². The minimum atomic E-state index is 0.405. The van der Waals surface area contributed by atoms with E-state index in [1.807, 2.05) is 7.05 Å². The Morgan fingerprint density at radius 2 is 2.29 bits per heavy atom. The average Bonchev–Trinajstić information content (AvgIpc) is 2.54. The SMILES string of the molecule is CCC(NC)c1csc(CN(C)C)n1. The van der Waals surface area contributed by atoms with Gasteiger partial charge in [0.25, 0.3) is 0 Å². The van der Waals surface area contributed by atoms with Crippen LogP contribution in [0.4, 0.5) is 0 Å². The summed E-state index contributed by atoms with van der Waals surface area (Å²) in [5.41, 5.74) is 1.18. The van der Waals surface area contributed by atoms with Crippen molar-refractivity contribution in [2.75, 3.05) is 21.1 Å². The first kappa shape index (κ1) is 11.6. The minimum absolute atomic E-state index is 0.405. The predicted molar refractivity (Wildman–Crippen MR) is 61.6 cm³/mol. The lowest BCUT2D eigenvalue weighted by atomic mass is 10.2. The molecule has 0 aromatic carbocycles. The van der Waals surface area contributed by atoms with Crippen LogP contribution in [0.5, 0.6) is 0 Å². The van der Waals surface area contributed by atoms with Gasteiger partial charge in [-0.15, -0.1) is 11.3 Å². The molecule has 1 N–H and O–H groups in total. The average molecular weight is 213 g/mol. The standard InChI is InChI=1S/C10H19N3S/c1-5-8(11-2)9-7-14-10(12-9)6-13(3)4/h7-8,11H,5-6H2,1-4H3. The summed E-state index contributed by atoms with van der Waals surface area (Å²) in [6.45, 7) is 3.11. The maximum Gasteiger partial charge on any atom is 0.107 e. The molecule has 1 atom stereocenters. The van der Waals surface area contributed by atoms with Gasteiger partial charge in [0.1, 0.15) is 5.01 Å². The maximum atomic E-state index is 4.61. The van der Waals surface area contributed by atoms with E-state index in [1.165, 1.54) is 10.7 Å². The van der Waals surface area contributed by atoms with Gasteiger partial charge in [-0.3, -0.25) is 0 Å². The van der Waals surface area contributed by atoms with Crippen molar-refractivity contribution in [3.63, 3.8) is 0 Å². The fourth-order valence-corrected chi connectivity index (χ4v) is 2.35. The summed E-state index contributed by atoms with van der Waals surface area (Å²) >= 11 is 1.74. The van der Waals surface area contributed by atoms with E-state index in [4.69, 9.17) is 0 Å². The van der Waals surface area contributed by atoms with Crippen molar-refractivity contribution >= 4 is 11.3 Å². The van der Waals surface area contributed by atoms with Gasteiger partial charge in [0.15, 0.2) is 0 Å². The summed E-state index contributed by atoms with van der Waals surface area (Å²) in [6.07, 6.45) is 1.08. The number of nitrogens with zero attached hydrogens (tertiary/aromatic N) is 2. The van der Waals surface area contributed by atoms with Crippen LogP contribution in [-0.2, 0) is 6.54 Å². The number of thiazole rings is 1. The van der Waals surface area contributed by atoms with Crippen LogP contribution in [0.1, 0.15) is 30.1 Å². The number of aromatic nitrogens is 1. The normalized spacial score (nSPS) is 13.5. The first-order valence-corrected chi connectivity index (χ1v) is 5.81. The smallest absolute Gasteiger partial charge is 0.107 e. The third-order valence-corrected chi connectivity index (χ3v) is 2.99. The Balaban J connectivity index is 2.66. The van der Waals surface area contributed by atoms with Crippen molar-refractivity contribution in [1.29, 1.82) is 0 Å². The van der Waals surface area contributed by atoms with Gasteiger partial charge in [0.2, 0.25) is 0 Å². The van der Waals surface area contributed by atoms with E-state index in [2.05, 4.69) is 41.6 Å². The minimum Gasteiger partial charge on any atom is -0.312 e. The molecule has 0 saturated heterocycles. The molecule has 1 heterocycles. The monoisotopic (exact) mass is 213 g/mol. The highest BCUT2D eigenvalue weighted by molar-refractivity contribution is 7.09. The zero-order chi connectivity index (χ0) is 10.6. The van der Waals surface area contributed by atoms with E-state index >= 15 is 0 Å². The Morgan fingerprint density at radius 3 is 2.79 bits per heavy atom. The maximum absolute atomic E-state index is 4.61. The van der Waals surface area contributed by atoms with Crippen LogP contribution in [0.15, 0.2) is 5.38 Å². The molecule has 0 amide bonds. The topological polar surface area (TPSA) is 28.2 Å². The van der Waals surface area contributed by atoms with Gasteiger partial charge in [0.05, 0.1) is 5.69 Å². The number of rotatable bonds is 5. The summed E-state index contributed by atoms with van der Waals surface area (Å²) in [5.74, 6) is 0. The molecule has 0 radical (unpaired) electrons. The Hall–Kier alpha value is -0.450. The largest absolute Gasteiger partial charge is 0.312 e. The Labute approximate surface area is 90.2 Å². The number of nitrogens with one attached hydrogen (secondary N) is 1. The van der Waals surface area contributed by atoms with Gasteiger partial charge in [-0.05, 0) is 27.6 Å². The van der Waals surface area contributed by atoms with Crippen molar-refractivity contribution < 1.29 is 0 Å². The predicted octanol–water partition coefficient (Wildman–Crippen LogP) is 1.88. The lowest BCUT2D eigenvalue weighted by molar-refractivity contribution is 0.400. The third-order valence-electron chi connectivity index (χ3n) is 2.13. The fourth-order valence-electron chi connectivity index (χ4n) is 1.39. The van der Waals surface area contributed by atoms with Crippen LogP contribution in [0, 0.1) is 0 Å². The number of hydrogen-bond donors (Lipinski definition) is 1. The van der Waals surface area contributed by atoms with Crippen molar-refractivity contribution in [2.45, 2.75) is 25.9 Å². The Kier molecular flexibility index (Phi) is 4.51. The van der Waals surface area contributed by atoms with E-state index < -0.39 is 0 Å². The molecule has 0 spiro atoms. The molecule has 0 fully saturated rings. The molecule has 0 aliphatic carbocycles. The van der Waals surface area contributed by atoms with Gasteiger partial charge >= 0.3 is 0 Å². The summed E-state index contributed by atoms with van der Waals surface area (Å²) in [4.78, 5) is 6.75. The highest BCUT2D eigenvalue weighted by Gasteiger charge is 2.10. The summed E-state index contributed by atoms with van der Waals surface area (Å²) in [7, 11) is 6.12. The molecule has 1 unspecified atom stereocenters. The zero-order valence-corrected chi connectivity index (χ0v) is 10.2. The molecule has 4 heteroatoms. The fraction of sp³-hybridized carbons (Fsp3) is 0.700. The van der Waals surface area contributed by atoms with Crippen LogP contribution in [0.2, 0.25) is 0 Å². The van der Waals surface area contributed by atoms with Crippen LogP contribution in [-0.4, -0.2) is 31.0 Å². The van der Waals surface area contributed by atoms with Crippen LogP contribution in [0.3, 0.4) is 0 Å². The van der Waals surface area contributed by atoms with Crippen molar-refractivity contribution in [3.8, 4) is 0 Å². The van der Waals surface area contributed by atoms with Crippen LogP contribution < -0.4 is 5.32 Å². The molecule has 0 saturated carbocycles. The van der Waals surface area contributed by atoms with Crippen molar-refractivity contribution in [2.24, 2.45) is 0 Å². The highest BCUT2D eigenvalue weighted by Crippen LogP contribution is 2.19. The van der Waals surface area contributed by atoms with Gasteiger partial charge < -0.3 is 10.2 Å². The molecule has 0 aliphatic rings. The van der Waals surface area contributed by atoms with Crippen LogP contribution in [0.25, 0.3) is 0 Å². The molecule has 1 rings (SSSR count). The van der Waals surface area contributed by atoms with Crippen LogP contribution >= 0.6 is 11.3 Å². The summed E-state index contributed by atoms with van der Waals surface area (Å²) in [5, 5.41) is 6.61. The first-order valence-electron chi connectivity index (χ1n) is 4.93. The van der Waals surface area contributed by atoms with E-state index in [0.29, 0.717) is 6.04 Å². The van der Waals surface area contributed by atoms with Gasteiger partial charge in [-0.1, -0.05) is 6.92 Å². The van der Waals surface area contributed by atoms with E-state index in [-0.39, 0.29) is 0 Å². The van der Waals surface area contributed by atoms with Crippen molar-refractivity contribution in [1.82, 2.24) is 15.2 Å². The first-order chi connectivity index (χ1) is 6.67. The molecule has 0 aliphatic heterocycles. The molecule has 0 bridgehead atoms. The Morgan fingerprint density at radius 1 is 1.57 bits per heavy atom. The quantitative estimate of drug-likeness (QED) is 0.809. The molecule has 3 nitrogen and oxygen atoms in total. The second kappa shape index (κ2) is 5.44. The lowest BCUT2D eigenvalue weighted by Crippen LogP contribution is -2.16. The molecular formula is C10H19N3S. The third kappa shape index (κ3) is 3.04. The lowest BCUT2D eigenvalue weighted by Gasteiger charge is -2.10. The molecular weight excluding hydrogens is 194 g/mol. The van der Waals surface area contributed by atoms with Gasteiger partial charge in [-0.25, -0.2) is 4.98 Å². The van der Waals surface area contributed by atoms with Gasteiger partial charge in [-0.2, -0.15) is 0 Å². The molecule has 1 aromatic rings. The summed E-state index contributed by atoms with van der Waals surface area (Å²) < 4.78 is 0. The van der Waals surface area contributed by atoms with Crippen molar-refractivity contribution in [3.05, 3.63) is 16.1 Å². The second-order valence-corrected chi connectivity index (χ2v) is 4.60. The molecule has 1 aromatic heterocycles. The molecule has 80 valence electrons. The van der Waals surface area contributed by atoms with E-state index in [9.17, 15) is 0 Å². The summed E-state index contributed by atoms with van der Waals surface area (Å²) in [6, 6.07) is 0.405. The number of hydrogen-bond acceptors (Lipinski definition) is 4.